The van der Waals surface area contributed by atoms with Crippen molar-refractivity contribution in [1.82, 2.24) is 25.0 Å². The lowest BCUT2D eigenvalue weighted by molar-refractivity contribution is 0.117. The number of likely N-dealkylation sites (N-methyl/N-ethyl adjacent to an activating group) is 1. The van der Waals surface area contributed by atoms with Crippen LogP contribution in [0.25, 0.3) is 11.5 Å². The van der Waals surface area contributed by atoms with Crippen LogP contribution in [-0.4, -0.2) is 50.7 Å². The highest BCUT2D eigenvalue weighted by molar-refractivity contribution is 7.16. The van der Waals surface area contributed by atoms with Crippen molar-refractivity contribution < 1.29 is 13.7 Å². The van der Waals surface area contributed by atoms with Crippen LogP contribution in [0.3, 0.4) is 0 Å². The Bertz CT molecular complexity index is 1620. The molecule has 5 heterocycles. The first-order valence-corrected chi connectivity index (χ1v) is 15.0. The fraction of sp³-hybridized carbons (Fsp3) is 0.483. The van der Waals surface area contributed by atoms with Crippen LogP contribution in [0.4, 0.5) is 16.8 Å². The standard InChI is InChI=1S/C29H32N8O3S/c1-16(19-7-5-12-37(19)2)39-22-14-21(34-28-32-11-13-38-28)33-27(35-22)24-17-6-3-9-29(25(17)40-36-24)10-4-8-20-23(29)18(15-30)26(31)41-20/h11,13-14,16,19H,3-10,12,31H2,1-2H3,(H,32,33,34,35)/t16-,19-,29-/m0/s1. The van der Waals surface area contributed by atoms with Gasteiger partial charge in [0.05, 0.1) is 17.2 Å². The van der Waals surface area contributed by atoms with Crippen molar-refractivity contribution in [2.75, 3.05) is 24.6 Å². The molecule has 0 aromatic carbocycles. The van der Waals surface area contributed by atoms with Crippen molar-refractivity contribution in [3.63, 3.8) is 0 Å². The van der Waals surface area contributed by atoms with E-state index in [2.05, 4.69) is 40.4 Å². The lowest BCUT2D eigenvalue weighted by Gasteiger charge is -2.39. The summed E-state index contributed by atoms with van der Waals surface area (Å²) >= 11 is 1.53. The number of likely N-dealkylation sites (tertiary alicyclic amines) is 1. The Morgan fingerprint density at radius 2 is 2.12 bits per heavy atom. The fourth-order valence-electron chi connectivity index (χ4n) is 7.06. The number of hydrogen-bond donors (Lipinski definition) is 2. The van der Waals surface area contributed by atoms with Crippen molar-refractivity contribution in [1.29, 1.82) is 5.26 Å². The number of nitrogens with zero attached hydrogens (tertiary/aromatic N) is 6. The van der Waals surface area contributed by atoms with Gasteiger partial charge in [0.2, 0.25) is 5.88 Å². The SMILES string of the molecule is C[C@H](Oc1cc(Nc2ncco2)nc(-c2noc3c2CCC[C@@]32CCCc3sc(N)c(C#N)c32)n1)[C@@H]1CCCN1C. The summed E-state index contributed by atoms with van der Waals surface area (Å²) in [5, 5.41) is 18.3. The number of fused-ring (bicyclic) bond motifs is 4. The highest BCUT2D eigenvalue weighted by Gasteiger charge is 2.48. The van der Waals surface area contributed by atoms with Crippen molar-refractivity contribution in [2.24, 2.45) is 0 Å². The number of nitrogen functional groups attached to an aromatic ring is 1. The van der Waals surface area contributed by atoms with Gasteiger partial charge in [0.25, 0.3) is 6.01 Å². The molecule has 3 atom stereocenters. The summed E-state index contributed by atoms with van der Waals surface area (Å²) in [5.41, 5.74) is 9.11. The molecular weight excluding hydrogens is 540 g/mol. The first-order valence-electron chi connectivity index (χ1n) is 14.2. The molecule has 1 fully saturated rings. The Morgan fingerprint density at radius 1 is 1.27 bits per heavy atom. The van der Waals surface area contributed by atoms with Crippen molar-refractivity contribution in [2.45, 2.75) is 75.9 Å². The topological polar surface area (TPSA) is 152 Å². The first kappa shape index (κ1) is 26.0. The summed E-state index contributed by atoms with van der Waals surface area (Å²) in [6, 6.07) is 4.77. The molecule has 0 unspecified atom stereocenters. The third kappa shape index (κ3) is 4.35. The highest BCUT2D eigenvalue weighted by atomic mass is 32.1. The van der Waals surface area contributed by atoms with Gasteiger partial charge in [0.15, 0.2) is 17.3 Å². The molecule has 212 valence electrons. The largest absolute Gasteiger partial charge is 0.473 e. The van der Waals surface area contributed by atoms with Gasteiger partial charge in [-0.2, -0.15) is 10.2 Å². The monoisotopic (exact) mass is 572 g/mol. The van der Waals surface area contributed by atoms with Crippen molar-refractivity contribution in [3.8, 4) is 23.5 Å². The average Bonchev–Trinajstić information content (AvgIpc) is 3.76. The van der Waals surface area contributed by atoms with Crippen LogP contribution in [0.1, 0.15) is 72.8 Å². The second-order valence-corrected chi connectivity index (χ2v) is 12.4. The number of ether oxygens (including phenoxy) is 1. The Morgan fingerprint density at radius 3 is 2.88 bits per heavy atom. The third-order valence-corrected chi connectivity index (χ3v) is 9.95. The van der Waals surface area contributed by atoms with Gasteiger partial charge in [-0.05, 0) is 77.4 Å². The van der Waals surface area contributed by atoms with Crippen LogP contribution >= 0.6 is 11.3 Å². The number of nitriles is 1. The van der Waals surface area contributed by atoms with Crippen LogP contribution in [0.5, 0.6) is 5.88 Å². The number of nitrogens with two attached hydrogens (primary N) is 1. The van der Waals surface area contributed by atoms with E-state index in [0.29, 0.717) is 45.8 Å². The summed E-state index contributed by atoms with van der Waals surface area (Å²) in [6.45, 7) is 3.14. The second-order valence-electron chi connectivity index (χ2n) is 11.3. The van der Waals surface area contributed by atoms with Crippen molar-refractivity contribution in [3.05, 3.63) is 45.9 Å². The Hall–Kier alpha value is -3.95. The van der Waals surface area contributed by atoms with E-state index < -0.39 is 5.41 Å². The summed E-state index contributed by atoms with van der Waals surface area (Å²) < 4.78 is 18.0. The summed E-state index contributed by atoms with van der Waals surface area (Å²) in [7, 11) is 2.13. The lowest BCUT2D eigenvalue weighted by atomic mass is 9.63. The molecular formula is C29H32N8O3S. The molecule has 1 spiro atoms. The minimum absolute atomic E-state index is 0.0663. The predicted molar refractivity (Wildman–Crippen MR) is 153 cm³/mol. The van der Waals surface area contributed by atoms with Crippen molar-refractivity contribution >= 4 is 28.2 Å². The van der Waals surface area contributed by atoms with Gasteiger partial charge in [0, 0.05) is 22.5 Å². The summed E-state index contributed by atoms with van der Waals surface area (Å²) in [4.78, 5) is 17.3. The second kappa shape index (κ2) is 10.2. The maximum Gasteiger partial charge on any atom is 0.300 e. The number of anilines is 3. The first-order chi connectivity index (χ1) is 20.0. The molecule has 4 aromatic heterocycles. The molecule has 11 nitrogen and oxygen atoms in total. The van der Waals surface area contributed by atoms with Gasteiger partial charge >= 0.3 is 0 Å². The highest BCUT2D eigenvalue weighted by Crippen LogP contribution is 2.55. The van der Waals surface area contributed by atoms with Crippen LogP contribution in [0.2, 0.25) is 0 Å². The number of hydrogen-bond acceptors (Lipinski definition) is 12. The number of oxazole rings is 1. The molecule has 1 saturated heterocycles. The number of nitrogens with one attached hydrogen (secondary N) is 1. The van der Waals surface area contributed by atoms with Gasteiger partial charge in [-0.3, -0.25) is 10.2 Å². The quantitative estimate of drug-likeness (QED) is 0.313. The zero-order valence-corrected chi connectivity index (χ0v) is 24.0. The van der Waals surface area contributed by atoms with E-state index in [1.54, 1.807) is 12.3 Å². The lowest BCUT2D eigenvalue weighted by Crippen LogP contribution is -2.38. The number of aromatic nitrogens is 4. The maximum absolute atomic E-state index is 10.0. The van der Waals surface area contributed by atoms with E-state index in [1.807, 2.05) is 0 Å². The van der Waals surface area contributed by atoms with Gasteiger partial charge in [-0.25, -0.2) is 9.97 Å². The molecule has 12 heteroatoms. The molecule has 0 radical (unpaired) electrons. The minimum atomic E-state index is -0.416. The van der Waals surface area contributed by atoms with Gasteiger partial charge in [-0.1, -0.05) is 5.16 Å². The molecule has 4 aromatic rings. The molecule has 0 saturated carbocycles. The molecule has 0 bridgehead atoms. The van der Waals surface area contributed by atoms with E-state index in [0.717, 1.165) is 74.8 Å². The Labute approximate surface area is 241 Å². The molecule has 3 N–H and O–H groups in total. The maximum atomic E-state index is 10.0. The van der Waals surface area contributed by atoms with Crippen LogP contribution < -0.4 is 15.8 Å². The number of aryl methyl sites for hydroxylation is 1. The molecule has 0 amide bonds. The Kier molecular flexibility index (Phi) is 6.43. The molecule has 2 aliphatic carbocycles. The van der Waals surface area contributed by atoms with Crippen LogP contribution in [0.15, 0.2) is 27.5 Å². The van der Waals surface area contributed by atoms with E-state index in [1.165, 1.54) is 22.5 Å². The number of thiophene rings is 1. The van der Waals surface area contributed by atoms with Gasteiger partial charge in [-0.15, -0.1) is 11.3 Å². The Balaban J connectivity index is 1.30. The molecule has 41 heavy (non-hydrogen) atoms. The average molecular weight is 573 g/mol. The van der Waals surface area contributed by atoms with E-state index in [-0.39, 0.29) is 6.10 Å². The molecule has 1 aliphatic heterocycles. The summed E-state index contributed by atoms with van der Waals surface area (Å²) in [6.07, 6.45) is 10.7. The van der Waals surface area contributed by atoms with Crippen LogP contribution in [0, 0.1) is 11.3 Å². The van der Waals surface area contributed by atoms with Crippen LogP contribution in [-0.2, 0) is 18.3 Å². The number of rotatable bonds is 6. The molecule has 3 aliphatic rings. The van der Waals surface area contributed by atoms with E-state index in [4.69, 9.17) is 29.4 Å². The molecule has 7 rings (SSSR count). The van der Waals surface area contributed by atoms with Gasteiger partial charge in [0.1, 0.15) is 29.3 Å². The normalized spacial score (nSPS) is 22.7. The zero-order valence-electron chi connectivity index (χ0n) is 23.1. The van der Waals surface area contributed by atoms with Gasteiger partial charge < -0.3 is 19.4 Å². The zero-order chi connectivity index (χ0) is 28.1. The van der Waals surface area contributed by atoms with E-state index >= 15 is 0 Å². The predicted octanol–water partition coefficient (Wildman–Crippen LogP) is 5.20. The minimum Gasteiger partial charge on any atom is -0.473 e. The third-order valence-electron chi connectivity index (χ3n) is 8.87. The van der Waals surface area contributed by atoms with E-state index in [9.17, 15) is 5.26 Å². The summed E-state index contributed by atoms with van der Waals surface area (Å²) in [5.74, 6) is 2.15. The smallest absolute Gasteiger partial charge is 0.300 e. The fourth-order valence-corrected chi connectivity index (χ4v) is 8.23.